The van der Waals surface area contributed by atoms with Gasteiger partial charge in [-0.2, -0.15) is 0 Å². The van der Waals surface area contributed by atoms with Crippen LogP contribution in [-0.4, -0.2) is 42.4 Å². The third-order valence-corrected chi connectivity index (χ3v) is 6.81. The molecule has 1 saturated heterocycles. The molecule has 160 valence electrons. The van der Waals surface area contributed by atoms with Crippen molar-refractivity contribution in [3.05, 3.63) is 28.2 Å². The molecule has 1 saturated carbocycles. The summed E-state index contributed by atoms with van der Waals surface area (Å²) in [5.74, 6) is -3.89. The number of ether oxygens (including phenoxy) is 2. The van der Waals surface area contributed by atoms with Gasteiger partial charge in [0.05, 0.1) is 19.1 Å². The van der Waals surface area contributed by atoms with Crippen molar-refractivity contribution in [3.63, 3.8) is 0 Å². The van der Waals surface area contributed by atoms with Gasteiger partial charge in [-0.3, -0.25) is 14.9 Å². The van der Waals surface area contributed by atoms with Gasteiger partial charge in [-0.05, 0) is 38.8 Å². The van der Waals surface area contributed by atoms with Gasteiger partial charge in [-0.1, -0.05) is 22.0 Å². The first kappa shape index (κ1) is 21.0. The van der Waals surface area contributed by atoms with Crippen LogP contribution in [0.25, 0.3) is 0 Å². The van der Waals surface area contributed by atoms with Crippen LogP contribution in [0.3, 0.4) is 0 Å². The zero-order valence-electron chi connectivity index (χ0n) is 16.7. The highest BCUT2D eigenvalue weighted by Gasteiger charge is 2.75. The number of amides is 1. The lowest BCUT2D eigenvalue weighted by Crippen LogP contribution is -2.63. The second-order valence-electron chi connectivity index (χ2n) is 7.77. The SMILES string of the molecule is CCOC(=O)C1(C(=O)OCC)N[C@]2(C(=O)Nc3cc(Br)ccc32)[C@H]2C(=O)CCC[C@H]21. The number of hydrogen-bond donors (Lipinski definition) is 2. The lowest BCUT2D eigenvalue weighted by atomic mass is 9.65. The molecule has 2 aliphatic heterocycles. The molecule has 1 amide bonds. The molecule has 1 aliphatic carbocycles. The van der Waals surface area contributed by atoms with Crippen molar-refractivity contribution in [1.82, 2.24) is 5.32 Å². The van der Waals surface area contributed by atoms with Crippen molar-refractivity contribution < 1.29 is 28.7 Å². The third kappa shape index (κ3) is 2.68. The maximum atomic E-state index is 13.4. The molecule has 2 heterocycles. The molecule has 1 aromatic carbocycles. The summed E-state index contributed by atoms with van der Waals surface area (Å²) in [5, 5.41) is 5.87. The van der Waals surface area contributed by atoms with Gasteiger partial charge >= 0.3 is 11.9 Å². The quantitative estimate of drug-likeness (QED) is 0.503. The Kier molecular flexibility index (Phi) is 5.22. The average Bonchev–Trinajstić information content (AvgIpc) is 3.16. The maximum Gasteiger partial charge on any atom is 0.338 e. The van der Waals surface area contributed by atoms with Crippen molar-refractivity contribution in [2.45, 2.75) is 44.2 Å². The number of carbonyl (C=O) groups excluding carboxylic acids is 4. The Morgan fingerprint density at radius 1 is 1.17 bits per heavy atom. The number of Topliss-reactive ketones (excluding diaryl/α,β-unsaturated/α-hetero) is 1. The lowest BCUT2D eigenvalue weighted by Gasteiger charge is -2.34. The molecule has 1 spiro atoms. The number of benzene rings is 1. The van der Waals surface area contributed by atoms with Gasteiger partial charge in [0.15, 0.2) is 0 Å². The molecule has 8 nitrogen and oxygen atoms in total. The largest absolute Gasteiger partial charge is 0.464 e. The van der Waals surface area contributed by atoms with Crippen LogP contribution in [0, 0.1) is 11.8 Å². The fraction of sp³-hybridized carbons (Fsp3) is 0.524. The van der Waals surface area contributed by atoms with Crippen LogP contribution in [0.4, 0.5) is 5.69 Å². The van der Waals surface area contributed by atoms with Crippen LogP contribution in [0.5, 0.6) is 0 Å². The van der Waals surface area contributed by atoms with E-state index in [1.54, 1.807) is 32.0 Å². The number of ketones is 1. The number of anilines is 1. The van der Waals surface area contributed by atoms with Crippen LogP contribution in [0.15, 0.2) is 22.7 Å². The molecule has 0 radical (unpaired) electrons. The highest BCUT2D eigenvalue weighted by atomic mass is 79.9. The number of carbonyl (C=O) groups is 4. The Morgan fingerprint density at radius 2 is 1.83 bits per heavy atom. The molecule has 4 rings (SSSR count). The van der Waals surface area contributed by atoms with Crippen LogP contribution >= 0.6 is 15.9 Å². The van der Waals surface area contributed by atoms with Crippen LogP contribution < -0.4 is 10.6 Å². The standard InChI is InChI=1S/C21H23BrN2O6/c1-3-29-18(27)21(19(28)30-4-2)13-6-5-7-15(25)16(13)20(24-21)12-9-8-11(22)10-14(12)23-17(20)26/h8-10,13,16,24H,3-7H2,1-2H3,(H,23,26)/t13-,16-,20+/m1/s1. The van der Waals surface area contributed by atoms with Gasteiger partial charge in [0, 0.05) is 28.1 Å². The van der Waals surface area contributed by atoms with Crippen molar-refractivity contribution in [2.24, 2.45) is 11.8 Å². The Balaban J connectivity index is 1.96. The Labute approximate surface area is 182 Å². The van der Waals surface area contributed by atoms with Gasteiger partial charge in [-0.25, -0.2) is 9.59 Å². The number of rotatable bonds is 4. The molecule has 30 heavy (non-hydrogen) atoms. The fourth-order valence-electron chi connectivity index (χ4n) is 5.25. The Bertz CT molecular complexity index is 929. The van der Waals surface area contributed by atoms with Crippen molar-refractivity contribution in [3.8, 4) is 0 Å². The third-order valence-electron chi connectivity index (χ3n) is 6.31. The highest BCUT2D eigenvalue weighted by molar-refractivity contribution is 9.10. The summed E-state index contributed by atoms with van der Waals surface area (Å²) >= 11 is 3.39. The van der Waals surface area contributed by atoms with Crippen LogP contribution in [0.2, 0.25) is 0 Å². The predicted molar refractivity (Wildman–Crippen MR) is 109 cm³/mol. The predicted octanol–water partition coefficient (Wildman–Crippen LogP) is 2.05. The van der Waals surface area contributed by atoms with E-state index in [-0.39, 0.29) is 25.4 Å². The van der Waals surface area contributed by atoms with E-state index in [2.05, 4.69) is 26.6 Å². The van der Waals surface area contributed by atoms with E-state index < -0.39 is 40.8 Å². The number of esters is 2. The topological polar surface area (TPSA) is 111 Å². The summed E-state index contributed by atoms with van der Waals surface area (Å²) < 4.78 is 11.3. The summed E-state index contributed by atoms with van der Waals surface area (Å²) in [6.07, 6.45) is 1.22. The van der Waals surface area contributed by atoms with E-state index >= 15 is 0 Å². The molecule has 2 N–H and O–H groups in total. The van der Waals surface area contributed by atoms with E-state index in [0.717, 1.165) is 4.47 Å². The summed E-state index contributed by atoms with van der Waals surface area (Å²) in [6.45, 7) is 3.38. The normalized spacial score (nSPS) is 28.6. The van der Waals surface area contributed by atoms with Crippen molar-refractivity contribution >= 4 is 45.2 Å². The Morgan fingerprint density at radius 3 is 2.47 bits per heavy atom. The van der Waals surface area contributed by atoms with Gasteiger partial charge in [0.1, 0.15) is 11.3 Å². The van der Waals surface area contributed by atoms with E-state index in [0.29, 0.717) is 24.1 Å². The second-order valence-corrected chi connectivity index (χ2v) is 8.68. The van der Waals surface area contributed by atoms with Crippen LogP contribution in [0.1, 0.15) is 38.7 Å². The number of fused-ring (bicyclic) bond motifs is 4. The van der Waals surface area contributed by atoms with Crippen LogP contribution in [-0.2, 0) is 34.2 Å². The van der Waals surface area contributed by atoms with Gasteiger partial charge in [0.25, 0.3) is 0 Å². The van der Waals surface area contributed by atoms with Crippen molar-refractivity contribution in [1.29, 1.82) is 0 Å². The number of halogens is 1. The number of hydrogen-bond acceptors (Lipinski definition) is 7. The first-order valence-electron chi connectivity index (χ1n) is 10.1. The zero-order valence-corrected chi connectivity index (χ0v) is 18.3. The molecule has 9 heteroatoms. The fourth-order valence-corrected chi connectivity index (χ4v) is 5.61. The molecule has 0 unspecified atom stereocenters. The van der Waals surface area contributed by atoms with Gasteiger partial charge < -0.3 is 14.8 Å². The van der Waals surface area contributed by atoms with E-state index in [9.17, 15) is 19.2 Å². The van der Waals surface area contributed by atoms with E-state index in [4.69, 9.17) is 9.47 Å². The summed E-state index contributed by atoms with van der Waals surface area (Å²) in [7, 11) is 0. The molecule has 1 aromatic rings. The van der Waals surface area contributed by atoms with E-state index in [1.165, 1.54) is 0 Å². The molecule has 3 atom stereocenters. The second kappa shape index (κ2) is 7.46. The smallest absolute Gasteiger partial charge is 0.338 e. The molecule has 0 aromatic heterocycles. The minimum Gasteiger partial charge on any atom is -0.464 e. The molecule has 3 aliphatic rings. The summed E-state index contributed by atoms with van der Waals surface area (Å²) in [4.78, 5) is 53.0. The molecular formula is C21H23BrN2O6. The first-order chi connectivity index (χ1) is 14.3. The minimum absolute atomic E-state index is 0.0513. The van der Waals surface area contributed by atoms with E-state index in [1.807, 2.05) is 0 Å². The highest BCUT2D eigenvalue weighted by Crippen LogP contribution is 2.56. The lowest BCUT2D eigenvalue weighted by molar-refractivity contribution is -0.169. The Hall–Kier alpha value is -2.26. The number of nitrogens with one attached hydrogen (secondary N) is 2. The minimum atomic E-state index is -1.93. The molecule has 2 fully saturated rings. The maximum absolute atomic E-state index is 13.4. The zero-order chi connectivity index (χ0) is 21.7. The van der Waals surface area contributed by atoms with Gasteiger partial charge in [0.2, 0.25) is 11.4 Å². The first-order valence-corrected chi connectivity index (χ1v) is 10.9. The average molecular weight is 479 g/mol. The molecular weight excluding hydrogens is 456 g/mol. The summed E-state index contributed by atoms with van der Waals surface area (Å²) in [5.41, 5.74) is -2.41. The summed E-state index contributed by atoms with van der Waals surface area (Å²) in [6, 6.07) is 5.23. The monoisotopic (exact) mass is 478 g/mol. The van der Waals surface area contributed by atoms with Gasteiger partial charge in [-0.15, -0.1) is 0 Å². The molecule has 0 bridgehead atoms. The van der Waals surface area contributed by atoms with Crippen molar-refractivity contribution in [2.75, 3.05) is 18.5 Å².